The number of imide groups is 1. The minimum absolute atomic E-state index is 0.0855. The van der Waals surface area contributed by atoms with E-state index in [-0.39, 0.29) is 23.9 Å². The van der Waals surface area contributed by atoms with Crippen LogP contribution in [0.4, 0.5) is 0 Å². The van der Waals surface area contributed by atoms with E-state index in [4.69, 9.17) is 4.52 Å². The molecule has 4 amide bonds. The summed E-state index contributed by atoms with van der Waals surface area (Å²) in [5.74, 6) is -2.29. The Bertz CT molecular complexity index is 1220. The van der Waals surface area contributed by atoms with Crippen LogP contribution in [0.15, 0.2) is 36.4 Å². The van der Waals surface area contributed by atoms with Crippen molar-refractivity contribution in [2.24, 2.45) is 17.8 Å². The molecule has 206 valence electrons. The predicted octanol–water partition coefficient (Wildman–Crippen LogP) is 4.26. The normalized spacial score (nSPS) is 16.5. The number of nitrogens with zero attached hydrogens (tertiary/aromatic N) is 1. The molecule has 2 unspecified atom stereocenters. The first-order valence-electron chi connectivity index (χ1n) is 12.9. The van der Waals surface area contributed by atoms with Crippen molar-refractivity contribution >= 4 is 41.8 Å². The highest BCUT2D eigenvalue weighted by Crippen LogP contribution is 2.50. The van der Waals surface area contributed by atoms with Crippen LogP contribution in [0.2, 0.25) is 0 Å². The third kappa shape index (κ3) is 6.51. The SMILES string of the molecule is CNC(=O)[C@H](CC(C)C)NC(=O)C(CC(C)C)CP(=O)(CN1C(=O)c2cccc3cccc(c23)C1=O)OC. The Morgan fingerprint density at radius 1 is 0.921 bits per heavy atom. The minimum atomic E-state index is -3.68. The molecule has 1 heterocycles. The van der Waals surface area contributed by atoms with Gasteiger partial charge >= 0.3 is 0 Å². The van der Waals surface area contributed by atoms with Gasteiger partial charge in [0.05, 0.1) is 0 Å². The lowest BCUT2D eigenvalue weighted by atomic mass is 9.94. The van der Waals surface area contributed by atoms with E-state index >= 15 is 0 Å². The number of hydrogen-bond donors (Lipinski definition) is 2. The zero-order valence-corrected chi connectivity index (χ0v) is 23.8. The summed E-state index contributed by atoms with van der Waals surface area (Å²) >= 11 is 0. The van der Waals surface area contributed by atoms with Crippen LogP contribution >= 0.6 is 7.37 Å². The zero-order valence-electron chi connectivity index (χ0n) is 22.9. The largest absolute Gasteiger partial charge is 0.357 e. The Morgan fingerprint density at radius 2 is 1.47 bits per heavy atom. The van der Waals surface area contributed by atoms with Crippen molar-refractivity contribution < 1.29 is 28.3 Å². The second-order valence-electron chi connectivity index (χ2n) is 10.7. The van der Waals surface area contributed by atoms with Crippen LogP contribution in [-0.2, 0) is 18.7 Å². The van der Waals surface area contributed by atoms with Crippen LogP contribution in [0.3, 0.4) is 0 Å². The number of likely N-dealkylation sites (N-methyl/N-ethyl adjacent to an activating group) is 1. The molecule has 3 atom stereocenters. The molecule has 0 saturated heterocycles. The van der Waals surface area contributed by atoms with Crippen molar-refractivity contribution in [2.45, 2.75) is 46.6 Å². The maximum absolute atomic E-state index is 14.0. The van der Waals surface area contributed by atoms with Crippen molar-refractivity contribution in [1.82, 2.24) is 15.5 Å². The van der Waals surface area contributed by atoms with Gasteiger partial charge in [0.1, 0.15) is 12.3 Å². The van der Waals surface area contributed by atoms with Gasteiger partial charge in [-0.25, -0.2) is 0 Å². The van der Waals surface area contributed by atoms with Gasteiger partial charge in [-0.05, 0) is 42.2 Å². The molecule has 38 heavy (non-hydrogen) atoms. The summed E-state index contributed by atoms with van der Waals surface area (Å²) in [4.78, 5) is 53.5. The molecular weight excluding hydrogens is 505 g/mol. The van der Waals surface area contributed by atoms with E-state index in [9.17, 15) is 23.7 Å². The highest BCUT2D eigenvalue weighted by atomic mass is 31.2. The van der Waals surface area contributed by atoms with Crippen molar-refractivity contribution in [2.75, 3.05) is 26.6 Å². The van der Waals surface area contributed by atoms with E-state index in [1.807, 2.05) is 39.8 Å². The number of amides is 4. The molecular formula is C28H38N3O6P. The fourth-order valence-electron chi connectivity index (χ4n) is 4.95. The van der Waals surface area contributed by atoms with Crippen molar-refractivity contribution in [3.63, 3.8) is 0 Å². The molecule has 1 aliphatic heterocycles. The molecule has 3 rings (SSSR count). The highest BCUT2D eigenvalue weighted by Gasteiger charge is 2.40. The topological polar surface area (TPSA) is 122 Å². The standard InChI is InChI=1S/C28H38N3O6P/c1-17(2)13-20(25(32)30-23(14-18(3)4)26(33)29-5)15-38(36,37-6)16-31-27(34)21-11-7-9-19-10-8-12-22(24(19)21)28(31)35/h7-12,17-18,20,23H,13-16H2,1-6H3,(H,29,33)(H,30,32)/t20?,23-,38?/m0/s1. The first kappa shape index (κ1) is 29.5. The number of hydrogen-bond acceptors (Lipinski definition) is 6. The lowest BCUT2D eigenvalue weighted by Gasteiger charge is -2.31. The molecule has 10 heteroatoms. The third-order valence-corrected chi connectivity index (χ3v) is 9.13. The zero-order chi connectivity index (χ0) is 28.2. The van der Waals surface area contributed by atoms with Crippen LogP contribution in [0.5, 0.6) is 0 Å². The number of carbonyl (C=O) groups excluding carboxylic acids is 4. The van der Waals surface area contributed by atoms with Crippen LogP contribution in [0.1, 0.15) is 61.3 Å². The molecule has 0 spiro atoms. The summed E-state index contributed by atoms with van der Waals surface area (Å²) in [6.45, 7) is 7.80. The molecule has 1 aliphatic rings. The Labute approximate surface area is 224 Å². The first-order valence-corrected chi connectivity index (χ1v) is 14.9. The molecule has 2 aromatic rings. The van der Waals surface area contributed by atoms with Gasteiger partial charge in [-0.1, -0.05) is 52.0 Å². The Balaban J connectivity index is 1.87. The summed E-state index contributed by atoms with van der Waals surface area (Å²) < 4.78 is 19.5. The van der Waals surface area contributed by atoms with Crippen molar-refractivity contribution in [3.8, 4) is 0 Å². The molecule has 0 bridgehead atoms. The first-order chi connectivity index (χ1) is 17.9. The number of benzene rings is 2. The van der Waals surface area contributed by atoms with E-state index < -0.39 is 43.3 Å². The Hall–Kier alpha value is -3.03. The smallest absolute Gasteiger partial charge is 0.261 e. The van der Waals surface area contributed by atoms with Gasteiger partial charge in [-0.15, -0.1) is 0 Å². The van der Waals surface area contributed by atoms with Gasteiger partial charge in [0.15, 0.2) is 0 Å². The van der Waals surface area contributed by atoms with Crippen LogP contribution in [0, 0.1) is 17.8 Å². The second-order valence-corrected chi connectivity index (χ2v) is 13.3. The van der Waals surface area contributed by atoms with Crippen LogP contribution in [0.25, 0.3) is 10.8 Å². The third-order valence-electron chi connectivity index (χ3n) is 6.76. The van der Waals surface area contributed by atoms with Gasteiger partial charge in [0.2, 0.25) is 19.2 Å². The molecule has 0 saturated carbocycles. The van der Waals surface area contributed by atoms with Crippen molar-refractivity contribution in [3.05, 3.63) is 47.5 Å². The second kappa shape index (κ2) is 12.2. The summed E-state index contributed by atoms with van der Waals surface area (Å²) in [6, 6.07) is 9.71. The number of rotatable bonds is 12. The van der Waals surface area contributed by atoms with E-state index in [0.717, 1.165) is 10.3 Å². The van der Waals surface area contributed by atoms with Gasteiger partial charge in [0.25, 0.3) is 11.8 Å². The van der Waals surface area contributed by atoms with E-state index in [1.54, 1.807) is 24.3 Å². The maximum Gasteiger partial charge on any atom is 0.261 e. The summed E-state index contributed by atoms with van der Waals surface area (Å²) in [7, 11) is -0.896. The summed E-state index contributed by atoms with van der Waals surface area (Å²) in [6.07, 6.45) is 0.228. The molecule has 2 aromatic carbocycles. The maximum atomic E-state index is 14.0. The number of nitrogens with one attached hydrogen (secondary N) is 2. The molecule has 0 radical (unpaired) electrons. The van der Waals surface area contributed by atoms with Gasteiger partial charge in [-0.3, -0.25) is 28.6 Å². The van der Waals surface area contributed by atoms with Gasteiger partial charge in [0, 0.05) is 42.8 Å². The quantitative estimate of drug-likeness (QED) is 0.305. The average molecular weight is 544 g/mol. The average Bonchev–Trinajstić information content (AvgIpc) is 2.87. The lowest BCUT2D eigenvalue weighted by Crippen LogP contribution is -2.49. The predicted molar refractivity (Wildman–Crippen MR) is 147 cm³/mol. The minimum Gasteiger partial charge on any atom is -0.357 e. The Kier molecular flexibility index (Phi) is 9.49. The number of carbonyl (C=O) groups is 4. The molecule has 2 N–H and O–H groups in total. The van der Waals surface area contributed by atoms with Crippen LogP contribution in [-0.4, -0.2) is 61.2 Å². The lowest BCUT2D eigenvalue weighted by molar-refractivity contribution is -0.131. The van der Waals surface area contributed by atoms with E-state index in [2.05, 4.69) is 10.6 Å². The highest BCUT2D eigenvalue weighted by molar-refractivity contribution is 7.59. The monoisotopic (exact) mass is 543 g/mol. The summed E-state index contributed by atoms with van der Waals surface area (Å²) in [5.41, 5.74) is 0.720. The fourth-order valence-corrected chi connectivity index (χ4v) is 7.00. The fraction of sp³-hybridized carbons (Fsp3) is 0.500. The van der Waals surface area contributed by atoms with Gasteiger partial charge in [-0.2, -0.15) is 0 Å². The molecule has 0 aromatic heterocycles. The summed E-state index contributed by atoms with van der Waals surface area (Å²) in [5, 5.41) is 6.76. The molecule has 9 nitrogen and oxygen atoms in total. The van der Waals surface area contributed by atoms with Gasteiger partial charge < -0.3 is 15.2 Å². The van der Waals surface area contributed by atoms with E-state index in [0.29, 0.717) is 29.4 Å². The van der Waals surface area contributed by atoms with Crippen molar-refractivity contribution in [1.29, 1.82) is 0 Å². The van der Waals surface area contributed by atoms with Crippen LogP contribution < -0.4 is 10.6 Å². The van der Waals surface area contributed by atoms with E-state index in [1.165, 1.54) is 14.2 Å². The molecule has 0 fully saturated rings. The molecule has 0 aliphatic carbocycles. The Morgan fingerprint density at radius 3 is 1.95 bits per heavy atom.